The first-order valence-corrected chi connectivity index (χ1v) is 6.54. The minimum absolute atomic E-state index is 0.274. The van der Waals surface area contributed by atoms with Gasteiger partial charge in [0.2, 0.25) is 5.95 Å². The molecule has 0 amide bonds. The van der Waals surface area contributed by atoms with Gasteiger partial charge in [0.15, 0.2) is 11.6 Å². The van der Waals surface area contributed by atoms with Gasteiger partial charge < -0.3 is 10.6 Å². The maximum Gasteiger partial charge on any atom is 0.224 e. The van der Waals surface area contributed by atoms with Crippen LogP contribution in [-0.2, 0) is 0 Å². The molecular formula is C13H23FN4. The van der Waals surface area contributed by atoms with E-state index in [0.29, 0.717) is 24.3 Å². The van der Waals surface area contributed by atoms with E-state index in [1.54, 1.807) is 0 Å². The molecule has 0 bridgehead atoms. The maximum absolute atomic E-state index is 13.5. The van der Waals surface area contributed by atoms with Crippen LogP contribution in [0.1, 0.15) is 34.1 Å². The van der Waals surface area contributed by atoms with Crippen molar-refractivity contribution in [2.75, 3.05) is 23.7 Å². The van der Waals surface area contributed by atoms with Gasteiger partial charge in [-0.1, -0.05) is 27.7 Å². The average Bonchev–Trinajstić information content (AvgIpc) is 2.35. The molecule has 1 aromatic heterocycles. The molecule has 1 atom stereocenters. The summed E-state index contributed by atoms with van der Waals surface area (Å²) in [4.78, 5) is 8.03. The molecule has 0 aliphatic rings. The van der Waals surface area contributed by atoms with Gasteiger partial charge in [0.25, 0.3) is 0 Å². The lowest BCUT2D eigenvalue weighted by Gasteiger charge is -2.17. The van der Waals surface area contributed by atoms with E-state index < -0.39 is 5.82 Å². The molecule has 1 rings (SSSR count). The van der Waals surface area contributed by atoms with Gasteiger partial charge in [-0.3, -0.25) is 0 Å². The molecule has 0 fully saturated rings. The zero-order chi connectivity index (χ0) is 13.5. The van der Waals surface area contributed by atoms with Gasteiger partial charge >= 0.3 is 0 Å². The second-order valence-electron chi connectivity index (χ2n) is 4.92. The first-order valence-electron chi connectivity index (χ1n) is 6.54. The Labute approximate surface area is 108 Å². The highest BCUT2D eigenvalue weighted by Gasteiger charge is 2.10. The fourth-order valence-corrected chi connectivity index (χ4v) is 1.31. The molecule has 0 saturated heterocycles. The summed E-state index contributed by atoms with van der Waals surface area (Å²) in [5, 5.41) is 6.09. The predicted molar refractivity (Wildman–Crippen MR) is 73.3 cm³/mol. The summed E-state index contributed by atoms with van der Waals surface area (Å²) in [7, 11) is 0. The number of aromatic nitrogens is 2. The van der Waals surface area contributed by atoms with Crippen LogP contribution in [0.4, 0.5) is 16.2 Å². The van der Waals surface area contributed by atoms with Gasteiger partial charge in [-0.2, -0.15) is 4.98 Å². The quantitative estimate of drug-likeness (QED) is 0.785. The van der Waals surface area contributed by atoms with Crippen LogP contribution in [0, 0.1) is 17.7 Å². The summed E-state index contributed by atoms with van der Waals surface area (Å²) in [6, 6.07) is 0. The molecule has 1 heterocycles. The van der Waals surface area contributed by atoms with Crippen molar-refractivity contribution in [3.05, 3.63) is 12.0 Å². The second kappa shape index (κ2) is 7.13. The molecule has 0 aliphatic carbocycles. The summed E-state index contributed by atoms with van der Waals surface area (Å²) >= 11 is 0. The maximum atomic E-state index is 13.5. The van der Waals surface area contributed by atoms with Gasteiger partial charge in [-0.05, 0) is 18.3 Å². The normalized spacial score (nSPS) is 12.6. The first-order chi connectivity index (χ1) is 8.54. The molecule has 0 radical (unpaired) electrons. The number of nitrogens with zero attached hydrogens (tertiary/aromatic N) is 2. The van der Waals surface area contributed by atoms with Crippen molar-refractivity contribution in [2.45, 2.75) is 34.1 Å². The molecule has 0 spiro atoms. The van der Waals surface area contributed by atoms with Crippen molar-refractivity contribution in [2.24, 2.45) is 11.8 Å². The largest absolute Gasteiger partial charge is 0.367 e. The Morgan fingerprint density at radius 1 is 1.28 bits per heavy atom. The van der Waals surface area contributed by atoms with Gasteiger partial charge in [0, 0.05) is 13.1 Å². The lowest BCUT2D eigenvalue weighted by atomic mass is 9.98. The van der Waals surface area contributed by atoms with Crippen molar-refractivity contribution < 1.29 is 4.39 Å². The summed E-state index contributed by atoms with van der Waals surface area (Å²) in [6.07, 6.45) is 2.18. The third-order valence-corrected chi connectivity index (χ3v) is 3.01. The van der Waals surface area contributed by atoms with Crippen LogP contribution in [0.15, 0.2) is 6.20 Å². The highest BCUT2D eigenvalue weighted by atomic mass is 19.1. The average molecular weight is 254 g/mol. The van der Waals surface area contributed by atoms with E-state index in [4.69, 9.17) is 0 Å². The zero-order valence-corrected chi connectivity index (χ0v) is 11.6. The third-order valence-electron chi connectivity index (χ3n) is 3.01. The molecule has 1 unspecified atom stereocenters. The van der Waals surface area contributed by atoms with Gasteiger partial charge in [0.1, 0.15) is 0 Å². The van der Waals surface area contributed by atoms with E-state index in [9.17, 15) is 4.39 Å². The number of hydrogen-bond acceptors (Lipinski definition) is 4. The molecule has 102 valence electrons. The highest BCUT2D eigenvalue weighted by Crippen LogP contribution is 2.15. The molecule has 2 N–H and O–H groups in total. The lowest BCUT2D eigenvalue weighted by molar-refractivity contribution is 0.438. The van der Waals surface area contributed by atoms with Crippen LogP contribution in [0.5, 0.6) is 0 Å². The molecule has 1 aromatic rings. The minimum atomic E-state index is -0.409. The molecule has 5 heteroatoms. The Balaban J connectivity index is 2.63. The van der Waals surface area contributed by atoms with E-state index >= 15 is 0 Å². The molecular weight excluding hydrogens is 231 g/mol. The first kappa shape index (κ1) is 14.7. The minimum Gasteiger partial charge on any atom is -0.367 e. The van der Waals surface area contributed by atoms with Crippen LogP contribution in [-0.4, -0.2) is 23.1 Å². The van der Waals surface area contributed by atoms with Crippen molar-refractivity contribution in [1.82, 2.24) is 9.97 Å². The van der Waals surface area contributed by atoms with Crippen LogP contribution < -0.4 is 10.6 Å². The zero-order valence-electron chi connectivity index (χ0n) is 11.6. The predicted octanol–water partition coefficient (Wildman–Crippen LogP) is 3.14. The number of rotatable bonds is 7. The Hall–Kier alpha value is -1.39. The van der Waals surface area contributed by atoms with Gasteiger partial charge in [-0.25, -0.2) is 9.37 Å². The van der Waals surface area contributed by atoms with Crippen LogP contribution in [0.2, 0.25) is 0 Å². The van der Waals surface area contributed by atoms with E-state index in [1.807, 2.05) is 0 Å². The Morgan fingerprint density at radius 3 is 2.61 bits per heavy atom. The fourth-order valence-electron chi connectivity index (χ4n) is 1.31. The summed E-state index contributed by atoms with van der Waals surface area (Å²) in [6.45, 7) is 9.98. The van der Waals surface area contributed by atoms with Crippen molar-refractivity contribution >= 4 is 11.8 Å². The summed E-state index contributed by atoms with van der Waals surface area (Å²) in [5.41, 5.74) is 0. The van der Waals surface area contributed by atoms with E-state index in [1.165, 1.54) is 6.20 Å². The molecule has 4 nitrogen and oxygen atoms in total. The molecule has 18 heavy (non-hydrogen) atoms. The van der Waals surface area contributed by atoms with Crippen LogP contribution in [0.3, 0.4) is 0 Å². The lowest BCUT2D eigenvalue weighted by Crippen LogP contribution is -2.18. The number of nitrogens with one attached hydrogen (secondary N) is 2. The monoisotopic (exact) mass is 254 g/mol. The smallest absolute Gasteiger partial charge is 0.224 e. The standard InChI is InChI=1S/C13H23FN4/c1-5-6-15-13-17-8-11(14)12(18-13)16-7-10(4)9(2)3/h8-10H,5-7H2,1-4H3,(H2,15,16,17,18). The van der Waals surface area contributed by atoms with Crippen molar-refractivity contribution in [1.29, 1.82) is 0 Å². The highest BCUT2D eigenvalue weighted by molar-refractivity contribution is 5.41. The number of hydrogen-bond donors (Lipinski definition) is 2. The summed E-state index contributed by atoms with van der Waals surface area (Å²) in [5.74, 6) is 1.36. The van der Waals surface area contributed by atoms with Crippen molar-refractivity contribution in [3.8, 4) is 0 Å². The van der Waals surface area contributed by atoms with E-state index in [0.717, 1.165) is 13.0 Å². The van der Waals surface area contributed by atoms with Gasteiger partial charge in [0.05, 0.1) is 6.20 Å². The number of halogens is 1. The number of anilines is 2. The summed E-state index contributed by atoms with van der Waals surface area (Å²) < 4.78 is 13.5. The fraction of sp³-hybridized carbons (Fsp3) is 0.692. The van der Waals surface area contributed by atoms with Crippen LogP contribution in [0.25, 0.3) is 0 Å². The SMILES string of the molecule is CCCNc1ncc(F)c(NCC(C)C(C)C)n1. The topological polar surface area (TPSA) is 49.8 Å². The van der Waals surface area contributed by atoms with E-state index in [2.05, 4.69) is 48.3 Å². The Morgan fingerprint density at radius 2 is 2.00 bits per heavy atom. The van der Waals surface area contributed by atoms with Crippen molar-refractivity contribution in [3.63, 3.8) is 0 Å². The van der Waals surface area contributed by atoms with Gasteiger partial charge in [-0.15, -0.1) is 0 Å². The Bertz CT molecular complexity index is 368. The molecule has 0 saturated carbocycles. The molecule has 0 aliphatic heterocycles. The molecule has 0 aromatic carbocycles. The van der Waals surface area contributed by atoms with Crippen LogP contribution >= 0.6 is 0 Å². The second-order valence-corrected chi connectivity index (χ2v) is 4.92. The third kappa shape index (κ3) is 4.47. The Kier molecular flexibility index (Phi) is 5.82. The van der Waals surface area contributed by atoms with E-state index in [-0.39, 0.29) is 5.82 Å².